The Kier molecular flexibility index (Phi) is 10.0. The number of nitrogens with one attached hydrogen (secondary N) is 1. The number of halogens is 3. The van der Waals surface area contributed by atoms with Crippen LogP contribution in [0.4, 0.5) is 19.0 Å². The van der Waals surface area contributed by atoms with Crippen LogP contribution in [0.15, 0.2) is 18.3 Å². The molecule has 1 rings (SSSR count). The van der Waals surface area contributed by atoms with E-state index in [0.717, 1.165) is 25.5 Å². The van der Waals surface area contributed by atoms with Crippen molar-refractivity contribution >= 4 is 21.8 Å². The molecule has 0 aromatic carbocycles. The Bertz CT molecular complexity index is 730. The molecule has 0 bridgehead atoms. The van der Waals surface area contributed by atoms with Gasteiger partial charge in [0.25, 0.3) is 5.91 Å². The highest BCUT2D eigenvalue weighted by Crippen LogP contribution is 2.20. The predicted molar refractivity (Wildman–Crippen MR) is 99.7 cm³/mol. The van der Waals surface area contributed by atoms with Gasteiger partial charge >= 0.3 is 5.51 Å². The lowest BCUT2D eigenvalue weighted by Gasteiger charge is -2.22. The van der Waals surface area contributed by atoms with E-state index in [9.17, 15) is 18.0 Å². The van der Waals surface area contributed by atoms with Gasteiger partial charge in [-0.1, -0.05) is 13.8 Å². The van der Waals surface area contributed by atoms with Crippen LogP contribution in [0.5, 0.6) is 0 Å². The first-order valence-corrected chi connectivity index (χ1v) is 9.85. The van der Waals surface area contributed by atoms with Gasteiger partial charge in [-0.15, -0.1) is 0 Å². The van der Waals surface area contributed by atoms with E-state index in [1.54, 1.807) is 12.3 Å². The van der Waals surface area contributed by atoms with Gasteiger partial charge in [-0.3, -0.25) is 9.28 Å². The van der Waals surface area contributed by atoms with Gasteiger partial charge in [0, 0.05) is 30.9 Å². The minimum Gasteiger partial charge on any atom is -0.741 e. The molecule has 0 fully saturated rings. The molecular formula is C16H27F3N4O4S. The SMILES string of the molecule is CCN(CC)CCNC(=O)c1ccnc([N+](C)(C)C)c1.O=S(=O)([O-])C(F)(F)F. The molecular weight excluding hydrogens is 401 g/mol. The molecule has 12 heteroatoms. The number of nitrogens with zero attached hydrogens (tertiary/aromatic N) is 3. The second-order valence-electron chi connectivity index (χ2n) is 6.60. The summed E-state index contributed by atoms with van der Waals surface area (Å²) in [5, 5.41) is 2.96. The summed E-state index contributed by atoms with van der Waals surface area (Å²) in [5.74, 6) is 0.843. The molecule has 1 aromatic heterocycles. The molecule has 0 aliphatic carbocycles. The molecule has 0 aliphatic heterocycles. The summed E-state index contributed by atoms with van der Waals surface area (Å²) < 4.78 is 59.5. The van der Waals surface area contributed by atoms with Crippen molar-refractivity contribution in [2.45, 2.75) is 19.4 Å². The molecule has 28 heavy (non-hydrogen) atoms. The van der Waals surface area contributed by atoms with E-state index in [-0.39, 0.29) is 5.91 Å². The van der Waals surface area contributed by atoms with Gasteiger partial charge in [0.2, 0.25) is 5.82 Å². The number of likely N-dealkylation sites (N-methyl/N-ethyl adjacent to an activating group) is 1. The van der Waals surface area contributed by atoms with Crippen molar-refractivity contribution in [3.05, 3.63) is 23.9 Å². The molecule has 1 N–H and O–H groups in total. The largest absolute Gasteiger partial charge is 0.741 e. The summed E-state index contributed by atoms with van der Waals surface area (Å²) in [6, 6.07) is 3.61. The number of aromatic nitrogens is 1. The van der Waals surface area contributed by atoms with Crippen molar-refractivity contribution in [2.24, 2.45) is 0 Å². The Morgan fingerprint density at radius 2 is 1.75 bits per heavy atom. The molecule has 1 aromatic rings. The third-order valence-electron chi connectivity index (χ3n) is 3.59. The lowest BCUT2D eigenvalue weighted by Crippen LogP contribution is -2.37. The zero-order chi connectivity index (χ0) is 22.2. The van der Waals surface area contributed by atoms with E-state index < -0.39 is 15.6 Å². The molecule has 0 atom stereocenters. The number of rotatable bonds is 7. The number of pyridine rings is 1. The fourth-order valence-corrected chi connectivity index (χ4v) is 1.90. The molecule has 0 aliphatic rings. The summed E-state index contributed by atoms with van der Waals surface area (Å²) in [6.07, 6.45) is 1.69. The number of alkyl halides is 3. The summed E-state index contributed by atoms with van der Waals surface area (Å²) >= 11 is 0. The van der Waals surface area contributed by atoms with Gasteiger partial charge in [0.1, 0.15) is 0 Å². The maximum atomic E-state index is 12.1. The quantitative estimate of drug-likeness (QED) is 0.400. The Labute approximate surface area is 163 Å². The van der Waals surface area contributed by atoms with Crippen LogP contribution >= 0.6 is 0 Å². The summed E-state index contributed by atoms with van der Waals surface area (Å²) in [6.45, 7) is 7.82. The molecule has 0 spiro atoms. The van der Waals surface area contributed by atoms with Gasteiger partial charge in [0.15, 0.2) is 10.1 Å². The average Bonchev–Trinajstić information content (AvgIpc) is 2.56. The Balaban J connectivity index is 0.000000769. The van der Waals surface area contributed by atoms with Crippen LogP contribution in [0.25, 0.3) is 0 Å². The van der Waals surface area contributed by atoms with Crippen molar-refractivity contribution in [1.29, 1.82) is 0 Å². The second-order valence-corrected chi connectivity index (χ2v) is 7.97. The number of hydrogen-bond donors (Lipinski definition) is 1. The lowest BCUT2D eigenvalue weighted by molar-refractivity contribution is -0.0517. The van der Waals surface area contributed by atoms with Gasteiger partial charge < -0.3 is 14.8 Å². The molecule has 1 amide bonds. The van der Waals surface area contributed by atoms with E-state index in [0.29, 0.717) is 16.6 Å². The number of quaternary nitrogens is 1. The van der Waals surface area contributed by atoms with Gasteiger partial charge in [0.05, 0.1) is 21.1 Å². The molecule has 1 heterocycles. The monoisotopic (exact) mass is 428 g/mol. The summed E-state index contributed by atoms with van der Waals surface area (Å²) in [4.78, 5) is 18.7. The minimum atomic E-state index is -6.09. The second kappa shape index (κ2) is 10.7. The smallest absolute Gasteiger partial charge is 0.485 e. The first kappa shape index (κ1) is 26.2. The molecule has 162 valence electrons. The Hall–Kier alpha value is -1.76. The number of carbonyl (C=O) groups is 1. The van der Waals surface area contributed by atoms with E-state index >= 15 is 0 Å². The van der Waals surface area contributed by atoms with Crippen molar-refractivity contribution < 1.29 is 30.9 Å². The first-order valence-electron chi connectivity index (χ1n) is 8.44. The van der Waals surface area contributed by atoms with E-state index in [2.05, 4.69) is 29.0 Å². The van der Waals surface area contributed by atoms with E-state index in [4.69, 9.17) is 13.0 Å². The van der Waals surface area contributed by atoms with Crippen molar-refractivity contribution in [2.75, 3.05) is 47.3 Å². The Morgan fingerprint density at radius 1 is 1.25 bits per heavy atom. The molecule has 0 unspecified atom stereocenters. The Morgan fingerprint density at radius 3 is 2.14 bits per heavy atom. The number of carbonyl (C=O) groups excluding carboxylic acids is 1. The fraction of sp³-hybridized carbons (Fsp3) is 0.625. The summed E-state index contributed by atoms with van der Waals surface area (Å²) in [7, 11) is 0.00613. The first-order chi connectivity index (χ1) is 12.6. The van der Waals surface area contributed by atoms with Crippen LogP contribution in [0.2, 0.25) is 0 Å². The van der Waals surface area contributed by atoms with E-state index in [1.807, 2.05) is 27.2 Å². The molecule has 0 saturated carbocycles. The lowest BCUT2D eigenvalue weighted by atomic mass is 10.2. The van der Waals surface area contributed by atoms with Gasteiger partial charge in [-0.05, 0) is 19.2 Å². The van der Waals surface area contributed by atoms with Crippen LogP contribution in [0.3, 0.4) is 0 Å². The van der Waals surface area contributed by atoms with Gasteiger partial charge in [-0.25, -0.2) is 13.4 Å². The normalized spacial score (nSPS) is 12.4. The van der Waals surface area contributed by atoms with Gasteiger partial charge in [-0.2, -0.15) is 13.2 Å². The van der Waals surface area contributed by atoms with E-state index in [1.165, 1.54) is 0 Å². The van der Waals surface area contributed by atoms with Crippen LogP contribution in [0.1, 0.15) is 24.2 Å². The number of hydrogen-bond acceptors (Lipinski definition) is 6. The predicted octanol–water partition coefficient (Wildman–Crippen LogP) is 1.40. The summed E-state index contributed by atoms with van der Waals surface area (Å²) in [5.41, 5.74) is -4.98. The maximum absolute atomic E-state index is 12.1. The van der Waals surface area contributed by atoms with Crippen LogP contribution in [-0.4, -0.2) is 81.6 Å². The van der Waals surface area contributed by atoms with Crippen molar-refractivity contribution in [3.63, 3.8) is 0 Å². The third-order valence-corrected chi connectivity index (χ3v) is 4.15. The maximum Gasteiger partial charge on any atom is 0.485 e. The molecule has 8 nitrogen and oxygen atoms in total. The van der Waals surface area contributed by atoms with Crippen molar-refractivity contribution in [1.82, 2.24) is 19.7 Å². The van der Waals surface area contributed by atoms with Crippen LogP contribution in [0, 0.1) is 0 Å². The zero-order valence-corrected chi connectivity index (χ0v) is 17.4. The highest BCUT2D eigenvalue weighted by atomic mass is 32.2. The highest BCUT2D eigenvalue weighted by molar-refractivity contribution is 7.86. The van der Waals surface area contributed by atoms with Crippen molar-refractivity contribution in [3.8, 4) is 0 Å². The average molecular weight is 428 g/mol. The zero-order valence-electron chi connectivity index (χ0n) is 16.6. The van der Waals surface area contributed by atoms with Crippen LogP contribution in [-0.2, 0) is 10.1 Å². The molecule has 0 radical (unpaired) electrons. The van der Waals surface area contributed by atoms with Crippen LogP contribution < -0.4 is 9.80 Å². The third kappa shape index (κ3) is 9.44. The molecule has 0 saturated heterocycles. The topological polar surface area (TPSA) is 102 Å². The number of amides is 1. The standard InChI is InChI=1S/C15H26N4O.CHF3O3S/c1-6-18(7-2)11-10-17-15(20)13-8-9-16-14(12-13)19(3,4)5;2-1(3,4)8(5,6)7/h8-9,12H,6-7,10-11H2,1-5H3;(H,5,6,7). The minimum absolute atomic E-state index is 0.0331. The fourth-order valence-electron chi connectivity index (χ4n) is 1.90. The highest BCUT2D eigenvalue weighted by Gasteiger charge is 2.36.